The molecule has 1 aliphatic heterocycles. The van der Waals surface area contributed by atoms with Crippen LogP contribution < -0.4 is 4.74 Å². The number of aromatic nitrogens is 3. The molecule has 1 saturated heterocycles. The lowest BCUT2D eigenvalue weighted by atomic mass is 9.74. The SMILES string of the molecule is COc1nc2ccc(C(O)(c3cnc(C)n3C)C3CCOCC3)cc2c(Cl)c1Cc1ccc(C(C)(F)F)cc1. The van der Waals surface area contributed by atoms with Gasteiger partial charge in [-0.15, -0.1) is 0 Å². The van der Waals surface area contributed by atoms with Crippen LogP contribution in [0.5, 0.6) is 5.88 Å². The first-order valence-corrected chi connectivity index (χ1v) is 13.3. The minimum absolute atomic E-state index is 0.0524. The van der Waals surface area contributed by atoms with Crippen molar-refractivity contribution in [3.05, 3.63) is 87.5 Å². The Bertz CT molecular complexity index is 1490. The molecule has 39 heavy (non-hydrogen) atoms. The van der Waals surface area contributed by atoms with Gasteiger partial charge in [0.1, 0.15) is 11.4 Å². The van der Waals surface area contributed by atoms with Crippen molar-refractivity contribution in [1.29, 1.82) is 0 Å². The molecule has 9 heteroatoms. The maximum atomic E-state index is 13.7. The number of imidazole rings is 1. The Balaban J connectivity index is 1.62. The monoisotopic (exact) mass is 555 g/mol. The van der Waals surface area contributed by atoms with Crippen LogP contribution in [-0.4, -0.2) is 40.0 Å². The molecular weight excluding hydrogens is 524 g/mol. The Morgan fingerprint density at radius 3 is 2.38 bits per heavy atom. The summed E-state index contributed by atoms with van der Waals surface area (Å²) in [7, 11) is 3.43. The molecular formula is C30H32ClF2N3O3. The van der Waals surface area contributed by atoms with Crippen LogP contribution in [0.2, 0.25) is 5.02 Å². The van der Waals surface area contributed by atoms with Crippen LogP contribution in [-0.2, 0) is 29.7 Å². The highest BCUT2D eigenvalue weighted by atomic mass is 35.5. The topological polar surface area (TPSA) is 69.4 Å². The second-order valence-corrected chi connectivity index (χ2v) is 10.7. The van der Waals surface area contributed by atoms with Crippen molar-refractivity contribution in [3.8, 4) is 5.88 Å². The van der Waals surface area contributed by atoms with Gasteiger partial charge in [-0.1, -0.05) is 41.9 Å². The molecule has 1 fully saturated rings. The lowest BCUT2D eigenvalue weighted by molar-refractivity contribution is -0.0471. The van der Waals surface area contributed by atoms with Gasteiger partial charge in [-0.05, 0) is 43.0 Å². The summed E-state index contributed by atoms with van der Waals surface area (Å²) in [6.07, 6.45) is 3.48. The predicted molar refractivity (Wildman–Crippen MR) is 147 cm³/mol. The molecule has 0 aliphatic carbocycles. The summed E-state index contributed by atoms with van der Waals surface area (Å²) < 4.78 is 40.5. The standard InChI is InChI=1S/C30H32ClF2N3O3/c1-18-34-17-26(36(18)3)30(37,21-11-13-39-14-12-21)22-9-10-25-23(16-22)27(31)24(28(35-25)38-4)15-19-5-7-20(8-6-19)29(2,32)33/h5-10,16-17,21,37H,11-15H2,1-4H3. The molecule has 2 aromatic carbocycles. The molecule has 1 unspecified atom stereocenters. The van der Waals surface area contributed by atoms with Crippen LogP contribution in [0.15, 0.2) is 48.7 Å². The van der Waals surface area contributed by atoms with Gasteiger partial charge in [-0.2, -0.15) is 0 Å². The Morgan fingerprint density at radius 1 is 1.13 bits per heavy atom. The van der Waals surface area contributed by atoms with Gasteiger partial charge in [-0.3, -0.25) is 0 Å². The fourth-order valence-corrected chi connectivity index (χ4v) is 5.78. The molecule has 0 radical (unpaired) electrons. The first-order chi connectivity index (χ1) is 18.5. The van der Waals surface area contributed by atoms with Crippen molar-refractivity contribution < 1.29 is 23.4 Å². The van der Waals surface area contributed by atoms with Gasteiger partial charge in [0.25, 0.3) is 5.92 Å². The number of pyridine rings is 1. The number of nitrogens with zero attached hydrogens (tertiary/aromatic N) is 3. The van der Waals surface area contributed by atoms with E-state index >= 15 is 0 Å². The molecule has 1 atom stereocenters. The van der Waals surface area contributed by atoms with Gasteiger partial charge in [0.15, 0.2) is 0 Å². The molecule has 0 saturated carbocycles. The lowest BCUT2D eigenvalue weighted by Gasteiger charge is -2.39. The van der Waals surface area contributed by atoms with Gasteiger partial charge < -0.3 is 19.1 Å². The van der Waals surface area contributed by atoms with E-state index in [9.17, 15) is 13.9 Å². The minimum atomic E-state index is -2.91. The molecule has 6 nitrogen and oxygen atoms in total. The maximum Gasteiger partial charge on any atom is 0.270 e. The normalized spacial score (nSPS) is 16.4. The van der Waals surface area contributed by atoms with Crippen molar-refractivity contribution in [2.75, 3.05) is 20.3 Å². The van der Waals surface area contributed by atoms with E-state index in [1.165, 1.54) is 19.2 Å². The summed E-state index contributed by atoms with van der Waals surface area (Å²) in [5.74, 6) is -1.83. The van der Waals surface area contributed by atoms with Gasteiger partial charge in [0, 0.05) is 56.0 Å². The number of aryl methyl sites for hydroxylation is 1. The molecule has 2 aromatic heterocycles. The minimum Gasteiger partial charge on any atom is -0.481 e. The number of rotatable bonds is 7. The third-order valence-electron chi connectivity index (χ3n) is 7.88. The summed E-state index contributed by atoms with van der Waals surface area (Å²) >= 11 is 7.01. The zero-order valence-corrected chi connectivity index (χ0v) is 23.2. The fraction of sp³-hybridized carbons (Fsp3) is 0.400. The first-order valence-electron chi connectivity index (χ1n) is 13.0. The number of halogens is 3. The number of ether oxygens (including phenoxy) is 2. The van der Waals surface area contributed by atoms with Gasteiger partial charge in [0.05, 0.1) is 29.5 Å². The van der Waals surface area contributed by atoms with E-state index in [-0.39, 0.29) is 11.5 Å². The Kier molecular flexibility index (Phi) is 7.39. The Labute approximate surface area is 231 Å². The van der Waals surface area contributed by atoms with Crippen molar-refractivity contribution >= 4 is 22.5 Å². The first kappa shape index (κ1) is 27.5. The Hall–Kier alpha value is -3.07. The third kappa shape index (κ3) is 5.01. The van der Waals surface area contributed by atoms with Gasteiger partial charge in [-0.25, -0.2) is 18.7 Å². The quantitative estimate of drug-likeness (QED) is 0.290. The average molecular weight is 556 g/mol. The van der Waals surface area contributed by atoms with Crippen LogP contribution in [0.1, 0.15) is 53.5 Å². The molecule has 4 aromatic rings. The van der Waals surface area contributed by atoms with Crippen molar-refractivity contribution in [1.82, 2.24) is 14.5 Å². The van der Waals surface area contributed by atoms with E-state index in [4.69, 9.17) is 26.1 Å². The summed E-state index contributed by atoms with van der Waals surface area (Å²) in [4.78, 5) is 9.15. The fourth-order valence-electron chi connectivity index (χ4n) is 5.49. The number of hydrogen-bond donors (Lipinski definition) is 1. The number of benzene rings is 2. The molecule has 0 bridgehead atoms. The number of fused-ring (bicyclic) bond motifs is 1. The highest BCUT2D eigenvalue weighted by Gasteiger charge is 2.43. The van der Waals surface area contributed by atoms with Gasteiger partial charge >= 0.3 is 0 Å². The summed E-state index contributed by atoms with van der Waals surface area (Å²) in [6, 6.07) is 11.8. The molecule has 0 amide bonds. The smallest absolute Gasteiger partial charge is 0.270 e. The van der Waals surface area contributed by atoms with E-state index in [2.05, 4.69) is 4.98 Å². The highest BCUT2D eigenvalue weighted by Crippen LogP contribution is 2.44. The average Bonchev–Trinajstić information content (AvgIpc) is 3.27. The second-order valence-electron chi connectivity index (χ2n) is 10.3. The van der Waals surface area contributed by atoms with E-state index in [0.29, 0.717) is 71.1 Å². The van der Waals surface area contributed by atoms with Crippen LogP contribution in [0.3, 0.4) is 0 Å². The summed E-state index contributed by atoms with van der Waals surface area (Å²) in [5.41, 5.74) is 2.09. The number of alkyl halides is 2. The summed E-state index contributed by atoms with van der Waals surface area (Å²) in [6.45, 7) is 3.93. The van der Waals surface area contributed by atoms with Crippen molar-refractivity contribution in [2.24, 2.45) is 13.0 Å². The molecule has 1 aliphatic rings. The predicted octanol–water partition coefficient (Wildman–Crippen LogP) is 6.30. The van der Waals surface area contributed by atoms with E-state index in [0.717, 1.165) is 18.3 Å². The number of hydrogen-bond acceptors (Lipinski definition) is 5. The third-order valence-corrected chi connectivity index (χ3v) is 8.31. The highest BCUT2D eigenvalue weighted by molar-refractivity contribution is 6.36. The number of methoxy groups -OCH3 is 1. The van der Waals surface area contributed by atoms with Crippen LogP contribution in [0.25, 0.3) is 10.9 Å². The molecule has 1 N–H and O–H groups in total. The van der Waals surface area contributed by atoms with E-state index in [1.54, 1.807) is 18.3 Å². The molecule has 206 valence electrons. The van der Waals surface area contributed by atoms with Crippen molar-refractivity contribution in [2.45, 2.75) is 44.6 Å². The number of aliphatic hydroxyl groups is 1. The lowest BCUT2D eigenvalue weighted by Crippen LogP contribution is -2.41. The zero-order valence-electron chi connectivity index (χ0n) is 22.5. The van der Waals surface area contributed by atoms with E-state index in [1.807, 2.05) is 36.7 Å². The zero-order chi connectivity index (χ0) is 27.9. The summed E-state index contributed by atoms with van der Waals surface area (Å²) in [5, 5.41) is 13.6. The largest absolute Gasteiger partial charge is 0.481 e. The molecule has 5 rings (SSSR count). The van der Waals surface area contributed by atoms with Crippen LogP contribution >= 0.6 is 11.6 Å². The van der Waals surface area contributed by atoms with E-state index < -0.39 is 11.5 Å². The van der Waals surface area contributed by atoms with Crippen LogP contribution in [0, 0.1) is 12.8 Å². The van der Waals surface area contributed by atoms with Crippen LogP contribution in [0.4, 0.5) is 8.78 Å². The Morgan fingerprint density at radius 2 is 1.79 bits per heavy atom. The van der Waals surface area contributed by atoms with Gasteiger partial charge in [0.2, 0.25) is 5.88 Å². The molecule has 0 spiro atoms. The molecule has 3 heterocycles. The maximum absolute atomic E-state index is 13.7. The van der Waals surface area contributed by atoms with Crippen molar-refractivity contribution in [3.63, 3.8) is 0 Å². The second kappa shape index (κ2) is 10.5.